The molecule has 0 saturated carbocycles. The maximum Gasteiger partial charge on any atom is 0.282 e. The van der Waals surface area contributed by atoms with E-state index >= 15 is 0 Å². The number of hydrogen-bond donors (Lipinski definition) is 0. The molecule has 2 aromatic carbocycles. The first-order chi connectivity index (χ1) is 15.1. The van der Waals surface area contributed by atoms with Crippen LogP contribution in [0.1, 0.15) is 12.5 Å². The van der Waals surface area contributed by atoms with E-state index < -0.39 is 0 Å². The summed E-state index contributed by atoms with van der Waals surface area (Å²) in [5.74, 6) is 0.370. The van der Waals surface area contributed by atoms with Crippen molar-refractivity contribution in [3.8, 4) is 11.5 Å². The zero-order valence-corrected chi connectivity index (χ0v) is 18.1. The van der Waals surface area contributed by atoms with Gasteiger partial charge in [0.15, 0.2) is 0 Å². The first-order valence-corrected chi connectivity index (χ1v) is 10.5. The topological polar surface area (TPSA) is 62.3 Å². The molecule has 2 heterocycles. The number of hydrogen-bond acceptors (Lipinski definition) is 6. The lowest BCUT2D eigenvalue weighted by molar-refractivity contribution is -0.120. The Hall–Kier alpha value is -3.32. The Bertz CT molecular complexity index is 1020. The van der Waals surface area contributed by atoms with Gasteiger partial charge >= 0.3 is 0 Å². The molecule has 0 unspecified atom stereocenters. The Kier molecular flexibility index (Phi) is 5.95. The first-order valence-electron chi connectivity index (χ1n) is 10.5. The fourth-order valence-electron chi connectivity index (χ4n) is 4.07. The Morgan fingerprint density at radius 3 is 2.19 bits per heavy atom. The van der Waals surface area contributed by atoms with E-state index in [1.54, 1.807) is 31.4 Å². The minimum Gasteiger partial charge on any atom is -0.496 e. The number of nitrogens with zero attached hydrogens (tertiary/aromatic N) is 3. The zero-order valence-electron chi connectivity index (χ0n) is 18.1. The van der Waals surface area contributed by atoms with E-state index in [9.17, 15) is 9.59 Å². The van der Waals surface area contributed by atoms with Crippen LogP contribution in [-0.2, 0) is 9.59 Å². The van der Waals surface area contributed by atoms with Crippen LogP contribution in [0.4, 0.5) is 5.69 Å². The molecule has 0 atom stereocenters. The number of ether oxygens (including phenoxy) is 2. The summed E-state index contributed by atoms with van der Waals surface area (Å²) in [6.45, 7) is 5.29. The van der Waals surface area contributed by atoms with Crippen molar-refractivity contribution in [3.63, 3.8) is 0 Å². The summed E-state index contributed by atoms with van der Waals surface area (Å²) >= 11 is 0. The van der Waals surface area contributed by atoms with Gasteiger partial charge in [0.2, 0.25) is 0 Å². The van der Waals surface area contributed by atoms with Crippen LogP contribution >= 0.6 is 0 Å². The van der Waals surface area contributed by atoms with Gasteiger partial charge in [-0.05, 0) is 32.2 Å². The third kappa shape index (κ3) is 3.77. The third-order valence-corrected chi connectivity index (χ3v) is 5.66. The van der Waals surface area contributed by atoms with Gasteiger partial charge < -0.3 is 19.3 Å². The predicted octanol–water partition coefficient (Wildman–Crippen LogP) is 2.63. The predicted molar refractivity (Wildman–Crippen MR) is 119 cm³/mol. The Balaban J connectivity index is 1.85. The number of rotatable bonds is 6. The highest BCUT2D eigenvalue weighted by Crippen LogP contribution is 2.41. The largest absolute Gasteiger partial charge is 0.496 e. The summed E-state index contributed by atoms with van der Waals surface area (Å²) in [6.07, 6.45) is 0. The summed E-state index contributed by atoms with van der Waals surface area (Å²) in [4.78, 5) is 33.0. The van der Waals surface area contributed by atoms with E-state index in [1.807, 2.05) is 36.1 Å². The summed E-state index contributed by atoms with van der Waals surface area (Å²) in [6, 6.07) is 14.5. The number of amides is 2. The number of anilines is 1. The van der Waals surface area contributed by atoms with Crippen molar-refractivity contribution in [2.45, 2.75) is 6.92 Å². The first kappa shape index (κ1) is 20.9. The minimum absolute atomic E-state index is 0.331. The molecule has 7 nitrogen and oxygen atoms in total. The molecule has 7 heteroatoms. The van der Waals surface area contributed by atoms with E-state index in [-0.39, 0.29) is 11.8 Å². The minimum atomic E-state index is -0.365. The number of piperazine rings is 1. The molecule has 1 saturated heterocycles. The molecule has 0 radical (unpaired) electrons. The quantitative estimate of drug-likeness (QED) is 0.669. The second-order valence-electron chi connectivity index (χ2n) is 7.56. The average Bonchev–Trinajstić information content (AvgIpc) is 3.05. The van der Waals surface area contributed by atoms with Gasteiger partial charge in [-0.3, -0.25) is 9.59 Å². The van der Waals surface area contributed by atoms with Gasteiger partial charge in [-0.1, -0.05) is 30.3 Å². The molecule has 31 heavy (non-hydrogen) atoms. The highest BCUT2D eigenvalue weighted by Gasteiger charge is 2.44. The summed E-state index contributed by atoms with van der Waals surface area (Å²) in [5, 5.41) is 0. The van der Waals surface area contributed by atoms with Crippen molar-refractivity contribution in [2.24, 2.45) is 0 Å². The lowest BCUT2D eigenvalue weighted by Gasteiger charge is -2.34. The van der Waals surface area contributed by atoms with Crippen LogP contribution < -0.4 is 14.4 Å². The second-order valence-corrected chi connectivity index (χ2v) is 7.56. The van der Waals surface area contributed by atoms with Crippen LogP contribution in [0.25, 0.3) is 5.57 Å². The molecule has 2 aliphatic heterocycles. The van der Waals surface area contributed by atoms with Crippen molar-refractivity contribution in [1.82, 2.24) is 9.80 Å². The fraction of sp³-hybridized carbons (Fsp3) is 0.333. The maximum absolute atomic E-state index is 13.8. The lowest BCUT2D eigenvalue weighted by atomic mass is 10.0. The van der Waals surface area contributed by atoms with Crippen molar-refractivity contribution in [3.05, 3.63) is 59.8 Å². The molecular formula is C24H27N3O4. The van der Waals surface area contributed by atoms with Crippen molar-refractivity contribution >= 4 is 23.1 Å². The smallest absolute Gasteiger partial charge is 0.282 e. The number of methoxy groups -OCH3 is 1. The van der Waals surface area contributed by atoms with Crippen LogP contribution in [0.2, 0.25) is 0 Å². The molecule has 0 aromatic heterocycles. The molecular weight excluding hydrogens is 394 g/mol. The van der Waals surface area contributed by atoms with E-state index in [4.69, 9.17) is 9.47 Å². The lowest BCUT2D eigenvalue weighted by Crippen LogP contribution is -2.46. The molecule has 0 N–H and O–H groups in total. The molecule has 2 aromatic rings. The highest BCUT2D eigenvalue weighted by atomic mass is 16.5. The monoisotopic (exact) mass is 421 g/mol. The Morgan fingerprint density at radius 1 is 0.871 bits per heavy atom. The third-order valence-electron chi connectivity index (χ3n) is 5.66. The van der Waals surface area contributed by atoms with Crippen molar-refractivity contribution in [2.75, 3.05) is 51.8 Å². The van der Waals surface area contributed by atoms with E-state index in [2.05, 4.69) is 11.9 Å². The van der Waals surface area contributed by atoms with E-state index in [0.717, 1.165) is 13.1 Å². The van der Waals surface area contributed by atoms with Crippen molar-refractivity contribution in [1.29, 1.82) is 0 Å². The molecule has 2 amide bonds. The number of carbonyl (C=O) groups excluding carboxylic acids is 2. The van der Waals surface area contributed by atoms with Crippen LogP contribution in [-0.4, -0.2) is 68.6 Å². The van der Waals surface area contributed by atoms with Crippen LogP contribution in [0.5, 0.6) is 11.5 Å². The molecule has 2 aliphatic rings. The van der Waals surface area contributed by atoms with Crippen LogP contribution in [0.3, 0.4) is 0 Å². The van der Waals surface area contributed by atoms with E-state index in [1.165, 1.54) is 4.90 Å². The van der Waals surface area contributed by atoms with Gasteiger partial charge in [-0.25, -0.2) is 4.90 Å². The number of benzene rings is 2. The number of para-hydroxylation sites is 3. The molecule has 0 spiro atoms. The van der Waals surface area contributed by atoms with Gasteiger partial charge in [0.05, 0.1) is 25.0 Å². The van der Waals surface area contributed by atoms with Gasteiger partial charge in [0.1, 0.15) is 17.2 Å². The molecule has 0 bridgehead atoms. The second kappa shape index (κ2) is 8.81. The van der Waals surface area contributed by atoms with Gasteiger partial charge in [0.25, 0.3) is 11.8 Å². The standard InChI is InChI=1S/C24H27N3O4/c1-4-31-20-12-8-6-10-18(20)27-23(28)21(17-9-5-7-11-19(17)30-3)22(24(27)29)26-15-13-25(2)14-16-26/h5-12H,4,13-16H2,1-3H3. The highest BCUT2D eigenvalue weighted by molar-refractivity contribution is 6.46. The summed E-state index contributed by atoms with van der Waals surface area (Å²) in [5.41, 5.74) is 1.87. The SMILES string of the molecule is CCOc1ccccc1N1C(=O)C(c2ccccc2OC)=C(N2CCN(C)CC2)C1=O. The average molecular weight is 421 g/mol. The maximum atomic E-state index is 13.8. The number of carbonyl (C=O) groups is 2. The van der Waals surface area contributed by atoms with Gasteiger partial charge in [0, 0.05) is 31.7 Å². The number of imide groups is 1. The zero-order chi connectivity index (χ0) is 22.0. The number of likely N-dealkylation sites (N-methyl/N-ethyl adjacent to an activating group) is 1. The van der Waals surface area contributed by atoms with Gasteiger partial charge in [-0.2, -0.15) is 0 Å². The van der Waals surface area contributed by atoms with E-state index in [0.29, 0.717) is 53.7 Å². The van der Waals surface area contributed by atoms with Crippen LogP contribution in [0, 0.1) is 0 Å². The summed E-state index contributed by atoms with van der Waals surface area (Å²) in [7, 11) is 3.62. The molecule has 1 fully saturated rings. The van der Waals surface area contributed by atoms with Crippen molar-refractivity contribution < 1.29 is 19.1 Å². The molecule has 4 rings (SSSR count). The molecule has 162 valence electrons. The Morgan fingerprint density at radius 2 is 1.52 bits per heavy atom. The Labute approximate surface area is 182 Å². The van der Waals surface area contributed by atoms with Crippen LogP contribution in [0.15, 0.2) is 54.2 Å². The van der Waals surface area contributed by atoms with Gasteiger partial charge in [-0.15, -0.1) is 0 Å². The summed E-state index contributed by atoms with van der Waals surface area (Å²) < 4.78 is 11.2. The fourth-order valence-corrected chi connectivity index (χ4v) is 4.07. The molecule has 0 aliphatic carbocycles. The normalized spacial score (nSPS) is 17.5.